The van der Waals surface area contributed by atoms with Gasteiger partial charge in [0.1, 0.15) is 17.2 Å². The number of fused-ring (bicyclic) bond motifs is 1. The number of aliphatic carboxylic acids is 1. The Balaban J connectivity index is 2.15. The lowest BCUT2D eigenvalue weighted by Crippen LogP contribution is -2.12. The van der Waals surface area contributed by atoms with E-state index in [0.717, 1.165) is 3.97 Å². The van der Waals surface area contributed by atoms with Gasteiger partial charge >= 0.3 is 5.97 Å². The van der Waals surface area contributed by atoms with Crippen LogP contribution in [0.4, 0.5) is 0 Å². The fourth-order valence-electron chi connectivity index (χ4n) is 2.59. The maximum atomic E-state index is 13.1. The molecule has 0 amide bonds. The Bertz CT molecular complexity index is 1080. The Morgan fingerprint density at radius 2 is 1.67 bits per heavy atom. The highest BCUT2D eigenvalue weighted by atomic mass is 32.2. The lowest BCUT2D eigenvalue weighted by Gasteiger charge is -2.08. The van der Waals surface area contributed by atoms with E-state index in [0.29, 0.717) is 22.4 Å². The van der Waals surface area contributed by atoms with Crippen molar-refractivity contribution in [2.75, 3.05) is 20.8 Å². The summed E-state index contributed by atoms with van der Waals surface area (Å²) in [5.41, 5.74) is 0.340. The van der Waals surface area contributed by atoms with Crippen LogP contribution in [0, 0.1) is 0 Å². The van der Waals surface area contributed by atoms with Crippen LogP contribution >= 0.6 is 0 Å². The first kappa shape index (κ1) is 18.6. The van der Waals surface area contributed by atoms with E-state index in [-0.39, 0.29) is 10.6 Å². The van der Waals surface area contributed by atoms with Gasteiger partial charge in [-0.3, -0.25) is 0 Å². The van der Waals surface area contributed by atoms with Gasteiger partial charge < -0.3 is 19.3 Å². The van der Waals surface area contributed by atoms with Gasteiger partial charge in [0.2, 0.25) is 0 Å². The predicted octanol–water partition coefficient (Wildman–Crippen LogP) is 2.36. The van der Waals surface area contributed by atoms with Gasteiger partial charge in [-0.25, -0.2) is 17.2 Å². The van der Waals surface area contributed by atoms with Crippen molar-refractivity contribution < 1.29 is 32.5 Å². The van der Waals surface area contributed by atoms with Crippen LogP contribution in [-0.4, -0.2) is 44.3 Å². The molecule has 2 aromatic carbocycles. The van der Waals surface area contributed by atoms with Crippen molar-refractivity contribution in [2.45, 2.75) is 4.90 Å². The van der Waals surface area contributed by atoms with Crippen molar-refractivity contribution >= 4 is 26.9 Å². The first-order chi connectivity index (χ1) is 12.9. The number of carbonyl (C=O) groups is 1. The molecule has 8 nitrogen and oxygen atoms in total. The molecule has 0 fully saturated rings. The van der Waals surface area contributed by atoms with E-state index in [1.54, 1.807) is 30.3 Å². The van der Waals surface area contributed by atoms with Gasteiger partial charge in [0.05, 0.1) is 30.8 Å². The third kappa shape index (κ3) is 3.54. The highest BCUT2D eigenvalue weighted by Gasteiger charge is 2.23. The summed E-state index contributed by atoms with van der Waals surface area (Å²) in [6.07, 6.45) is 1.26. The summed E-state index contributed by atoms with van der Waals surface area (Å²) in [4.78, 5) is 10.9. The lowest BCUT2D eigenvalue weighted by molar-refractivity contribution is -0.139. The van der Waals surface area contributed by atoms with E-state index in [4.69, 9.17) is 19.3 Å². The molecule has 3 aromatic rings. The standard InChI is InChI=1S/C18H17NO7S/c1-24-12-3-6-14(7-4-12)27(22,23)19-10-17(26-11-18(20)21)15-9-13(25-2)5-8-16(15)19/h3-10H,11H2,1-2H3,(H,20,21). The van der Waals surface area contributed by atoms with Crippen LogP contribution in [0.3, 0.4) is 0 Å². The number of hydrogen-bond donors (Lipinski definition) is 1. The summed E-state index contributed by atoms with van der Waals surface area (Å²) in [6.45, 7) is -0.598. The van der Waals surface area contributed by atoms with E-state index >= 15 is 0 Å². The van der Waals surface area contributed by atoms with Crippen LogP contribution in [-0.2, 0) is 14.8 Å². The maximum absolute atomic E-state index is 13.1. The summed E-state index contributed by atoms with van der Waals surface area (Å²) >= 11 is 0. The van der Waals surface area contributed by atoms with Crippen molar-refractivity contribution in [3.63, 3.8) is 0 Å². The molecule has 1 heterocycles. The highest BCUT2D eigenvalue weighted by Crippen LogP contribution is 2.34. The molecule has 0 saturated heterocycles. The second kappa shape index (κ2) is 7.20. The third-order valence-electron chi connectivity index (χ3n) is 3.91. The van der Waals surface area contributed by atoms with Crippen LogP contribution in [0.25, 0.3) is 10.9 Å². The molecule has 0 spiro atoms. The number of methoxy groups -OCH3 is 2. The molecule has 1 aromatic heterocycles. The number of carboxylic acids is 1. The smallest absolute Gasteiger partial charge is 0.341 e. The van der Waals surface area contributed by atoms with Gasteiger partial charge in [-0.05, 0) is 42.5 Å². The number of nitrogens with zero attached hydrogens (tertiary/aromatic N) is 1. The first-order valence-electron chi connectivity index (χ1n) is 7.80. The van der Waals surface area contributed by atoms with Crippen LogP contribution in [0.15, 0.2) is 53.6 Å². The average molecular weight is 391 g/mol. The quantitative estimate of drug-likeness (QED) is 0.659. The molecular weight excluding hydrogens is 374 g/mol. The molecule has 0 aliphatic heterocycles. The summed E-state index contributed by atoms with van der Waals surface area (Å²) in [7, 11) is -0.970. The third-order valence-corrected chi connectivity index (χ3v) is 5.60. The number of benzene rings is 2. The number of rotatable bonds is 7. The minimum absolute atomic E-state index is 0.0563. The Hall–Kier alpha value is -3.20. The summed E-state index contributed by atoms with van der Waals surface area (Å²) in [5, 5.41) is 9.28. The normalized spacial score (nSPS) is 11.3. The van der Waals surface area contributed by atoms with E-state index in [9.17, 15) is 13.2 Å². The molecule has 0 aliphatic carbocycles. The zero-order chi connectivity index (χ0) is 19.6. The molecule has 1 N–H and O–H groups in total. The fraction of sp³-hybridized carbons (Fsp3) is 0.167. The minimum Gasteiger partial charge on any atom is -0.497 e. The van der Waals surface area contributed by atoms with Gasteiger partial charge in [-0.1, -0.05) is 0 Å². The van der Waals surface area contributed by atoms with Gasteiger partial charge in [-0.2, -0.15) is 0 Å². The highest BCUT2D eigenvalue weighted by molar-refractivity contribution is 7.90. The van der Waals surface area contributed by atoms with E-state index in [2.05, 4.69) is 0 Å². The number of ether oxygens (including phenoxy) is 3. The van der Waals surface area contributed by atoms with Crippen LogP contribution in [0.1, 0.15) is 0 Å². The second-order valence-electron chi connectivity index (χ2n) is 5.54. The Morgan fingerprint density at radius 1 is 1.04 bits per heavy atom. The Labute approximate surface area is 155 Å². The molecule has 27 heavy (non-hydrogen) atoms. The molecule has 0 unspecified atom stereocenters. The van der Waals surface area contributed by atoms with Crippen molar-refractivity contribution in [2.24, 2.45) is 0 Å². The summed E-state index contributed by atoms with van der Waals surface area (Å²) in [6, 6.07) is 10.7. The zero-order valence-electron chi connectivity index (χ0n) is 14.6. The molecule has 0 atom stereocenters. The van der Waals surface area contributed by atoms with Gasteiger partial charge in [-0.15, -0.1) is 0 Å². The van der Waals surface area contributed by atoms with Crippen molar-refractivity contribution in [1.29, 1.82) is 0 Å². The lowest BCUT2D eigenvalue weighted by atomic mass is 10.2. The van der Waals surface area contributed by atoms with Crippen molar-refractivity contribution in [1.82, 2.24) is 3.97 Å². The Kier molecular flexibility index (Phi) is 4.95. The molecule has 0 aliphatic rings. The molecule has 0 radical (unpaired) electrons. The van der Waals surface area contributed by atoms with Crippen LogP contribution in [0.2, 0.25) is 0 Å². The SMILES string of the molecule is COc1ccc(S(=O)(=O)n2cc(OCC(=O)O)c3cc(OC)ccc32)cc1. The summed E-state index contributed by atoms with van der Waals surface area (Å²) in [5.74, 6) is -0.0241. The minimum atomic E-state index is -3.93. The molecule has 0 saturated carbocycles. The molecule has 142 valence electrons. The van der Waals surface area contributed by atoms with E-state index in [1.165, 1.54) is 32.5 Å². The van der Waals surface area contributed by atoms with E-state index in [1.807, 2.05) is 0 Å². The maximum Gasteiger partial charge on any atom is 0.341 e. The number of hydrogen-bond acceptors (Lipinski definition) is 6. The van der Waals surface area contributed by atoms with Gasteiger partial charge in [0.25, 0.3) is 10.0 Å². The molecule has 3 rings (SSSR count). The van der Waals surface area contributed by atoms with Crippen molar-refractivity contribution in [3.05, 3.63) is 48.7 Å². The van der Waals surface area contributed by atoms with Gasteiger partial charge in [0, 0.05) is 5.39 Å². The monoisotopic (exact) mass is 391 g/mol. The predicted molar refractivity (Wildman–Crippen MR) is 97.2 cm³/mol. The van der Waals surface area contributed by atoms with E-state index < -0.39 is 22.6 Å². The average Bonchev–Trinajstić information content (AvgIpc) is 3.05. The zero-order valence-corrected chi connectivity index (χ0v) is 15.4. The van der Waals surface area contributed by atoms with Gasteiger partial charge in [0.15, 0.2) is 6.61 Å². The summed E-state index contributed by atoms with van der Waals surface area (Å²) < 4.78 is 42.7. The topological polar surface area (TPSA) is 104 Å². The largest absolute Gasteiger partial charge is 0.497 e. The van der Waals surface area contributed by atoms with Crippen LogP contribution in [0.5, 0.6) is 17.2 Å². The Morgan fingerprint density at radius 3 is 2.26 bits per heavy atom. The van der Waals surface area contributed by atoms with Crippen molar-refractivity contribution in [3.8, 4) is 17.2 Å². The molecule has 9 heteroatoms. The number of aromatic nitrogens is 1. The molecule has 0 bridgehead atoms. The van der Waals surface area contributed by atoms with Crippen LogP contribution < -0.4 is 14.2 Å². The number of carboxylic acid groups (broad SMARTS) is 1. The molecular formula is C18H17NO7S. The second-order valence-corrected chi connectivity index (χ2v) is 7.35. The fourth-order valence-corrected chi connectivity index (χ4v) is 3.95. The first-order valence-corrected chi connectivity index (χ1v) is 9.24.